The Morgan fingerprint density at radius 2 is 1.75 bits per heavy atom. The van der Waals surface area contributed by atoms with E-state index >= 15 is 0 Å². The lowest BCUT2D eigenvalue weighted by Gasteiger charge is -2.32. The second-order valence-electron chi connectivity index (χ2n) is 8.38. The van der Waals surface area contributed by atoms with Gasteiger partial charge in [0.25, 0.3) is 0 Å². The quantitative estimate of drug-likeness (QED) is 0.522. The van der Waals surface area contributed by atoms with Crippen LogP contribution in [0.4, 0.5) is 5.69 Å². The standard InChI is InChI=1S/C24H27N3Si/c1-18-8-9-20(19-6-4-3-5-7-19)14-21(18)23-15-22-24(16-27(23)2)28(13-11-26-22)12-10-25-17-28/h3-9,14-16,25H,10-13,17H2,1-2H3/p+1. The Hall–Kier alpha value is -2.43. The molecule has 3 heterocycles. The van der Waals surface area contributed by atoms with E-state index in [2.05, 4.69) is 90.0 Å². The number of aromatic nitrogens is 1. The van der Waals surface area contributed by atoms with E-state index in [1.165, 1.54) is 58.4 Å². The molecule has 1 unspecified atom stereocenters. The Bertz CT molecular complexity index is 1020. The lowest BCUT2D eigenvalue weighted by molar-refractivity contribution is -0.659. The molecule has 1 saturated heterocycles. The minimum atomic E-state index is -1.37. The van der Waals surface area contributed by atoms with E-state index < -0.39 is 8.07 Å². The van der Waals surface area contributed by atoms with E-state index in [0.717, 1.165) is 6.54 Å². The lowest BCUT2D eigenvalue weighted by Crippen LogP contribution is -2.57. The van der Waals surface area contributed by atoms with Crippen molar-refractivity contribution in [2.75, 3.05) is 24.6 Å². The lowest BCUT2D eigenvalue weighted by atomic mass is 9.97. The third kappa shape index (κ3) is 2.88. The van der Waals surface area contributed by atoms with Crippen LogP contribution in [0.15, 0.2) is 60.8 Å². The Morgan fingerprint density at radius 3 is 2.54 bits per heavy atom. The number of nitrogens with zero attached hydrogens (tertiary/aromatic N) is 1. The van der Waals surface area contributed by atoms with Crippen molar-refractivity contribution in [3.63, 3.8) is 0 Å². The van der Waals surface area contributed by atoms with Gasteiger partial charge >= 0.3 is 0 Å². The highest BCUT2D eigenvalue weighted by atomic mass is 28.3. The summed E-state index contributed by atoms with van der Waals surface area (Å²) in [6.07, 6.45) is 3.67. The van der Waals surface area contributed by atoms with Crippen molar-refractivity contribution in [3.8, 4) is 22.4 Å². The van der Waals surface area contributed by atoms with Crippen LogP contribution < -0.4 is 20.4 Å². The van der Waals surface area contributed by atoms with Gasteiger partial charge in [0.1, 0.15) is 15.1 Å². The number of pyridine rings is 1. The topological polar surface area (TPSA) is 27.9 Å². The first-order chi connectivity index (χ1) is 13.7. The average molecular weight is 387 g/mol. The van der Waals surface area contributed by atoms with Crippen molar-refractivity contribution in [2.24, 2.45) is 7.05 Å². The summed E-state index contributed by atoms with van der Waals surface area (Å²) < 4.78 is 2.36. The van der Waals surface area contributed by atoms with Gasteiger partial charge in [-0.3, -0.25) is 0 Å². The predicted octanol–water partition coefficient (Wildman–Crippen LogP) is 3.38. The summed E-state index contributed by atoms with van der Waals surface area (Å²) in [7, 11) is 0.845. The fourth-order valence-corrected chi connectivity index (χ4v) is 9.40. The molecule has 1 spiro atoms. The maximum absolute atomic E-state index is 3.71. The molecule has 2 aliphatic rings. The van der Waals surface area contributed by atoms with Gasteiger partial charge in [0.2, 0.25) is 5.69 Å². The Kier molecular flexibility index (Phi) is 4.33. The second-order valence-corrected chi connectivity index (χ2v) is 12.8. The fraction of sp³-hybridized carbons (Fsp3) is 0.292. The zero-order valence-corrected chi connectivity index (χ0v) is 17.8. The Balaban J connectivity index is 1.63. The molecule has 2 aliphatic heterocycles. The average Bonchev–Trinajstić information content (AvgIpc) is 3.19. The van der Waals surface area contributed by atoms with Gasteiger partial charge in [-0.2, -0.15) is 0 Å². The highest BCUT2D eigenvalue weighted by molar-refractivity contribution is 6.94. The van der Waals surface area contributed by atoms with Crippen LogP contribution >= 0.6 is 0 Å². The molecule has 142 valence electrons. The normalized spacial score (nSPS) is 20.8. The molecule has 0 aliphatic carbocycles. The first-order valence-corrected chi connectivity index (χ1v) is 12.9. The molecule has 28 heavy (non-hydrogen) atoms. The van der Waals surface area contributed by atoms with Crippen molar-refractivity contribution >= 4 is 18.9 Å². The van der Waals surface area contributed by atoms with E-state index in [-0.39, 0.29) is 0 Å². The maximum Gasteiger partial charge on any atom is 0.214 e. The minimum Gasteiger partial charge on any atom is -0.385 e. The first kappa shape index (κ1) is 17.7. The molecule has 1 aromatic heterocycles. The summed E-state index contributed by atoms with van der Waals surface area (Å²) in [5.74, 6) is 0. The smallest absolute Gasteiger partial charge is 0.214 e. The van der Waals surface area contributed by atoms with Crippen LogP contribution in [0.25, 0.3) is 22.4 Å². The zero-order valence-electron chi connectivity index (χ0n) is 16.8. The van der Waals surface area contributed by atoms with Gasteiger partial charge in [-0.1, -0.05) is 42.5 Å². The number of aryl methyl sites for hydroxylation is 2. The van der Waals surface area contributed by atoms with Crippen molar-refractivity contribution in [1.82, 2.24) is 5.32 Å². The van der Waals surface area contributed by atoms with E-state index in [0.29, 0.717) is 0 Å². The van der Waals surface area contributed by atoms with Crippen LogP contribution in [-0.2, 0) is 7.05 Å². The summed E-state index contributed by atoms with van der Waals surface area (Å²) >= 11 is 0. The first-order valence-electron chi connectivity index (χ1n) is 10.3. The molecule has 1 atom stereocenters. The number of benzene rings is 2. The van der Waals surface area contributed by atoms with Crippen LogP contribution in [0.5, 0.6) is 0 Å². The molecular weight excluding hydrogens is 358 g/mol. The van der Waals surface area contributed by atoms with Gasteiger partial charge in [-0.25, -0.2) is 4.57 Å². The predicted molar refractivity (Wildman–Crippen MR) is 120 cm³/mol. The molecule has 3 aromatic rings. The van der Waals surface area contributed by atoms with Gasteiger partial charge in [0, 0.05) is 29.0 Å². The number of nitrogens with one attached hydrogen (secondary N) is 2. The van der Waals surface area contributed by atoms with E-state index in [1.54, 1.807) is 5.19 Å². The third-order valence-corrected chi connectivity index (χ3v) is 11.5. The number of anilines is 1. The second kappa shape index (κ2) is 6.87. The van der Waals surface area contributed by atoms with E-state index in [1.807, 2.05) is 0 Å². The maximum atomic E-state index is 3.71. The molecule has 0 radical (unpaired) electrons. The summed E-state index contributed by atoms with van der Waals surface area (Å²) in [6.45, 7) is 4.53. The fourth-order valence-electron chi connectivity index (χ4n) is 4.95. The molecule has 0 bridgehead atoms. The van der Waals surface area contributed by atoms with Gasteiger partial charge in [0.15, 0.2) is 6.20 Å². The van der Waals surface area contributed by atoms with Crippen molar-refractivity contribution in [3.05, 3.63) is 66.4 Å². The van der Waals surface area contributed by atoms with Crippen LogP contribution in [0.2, 0.25) is 12.1 Å². The van der Waals surface area contributed by atoms with Gasteiger partial charge in [-0.15, -0.1) is 0 Å². The molecular formula is C24H28N3Si+. The van der Waals surface area contributed by atoms with Crippen LogP contribution in [0, 0.1) is 6.92 Å². The molecule has 1 fully saturated rings. The summed E-state index contributed by atoms with van der Waals surface area (Å²) in [5, 5.41) is 8.98. The molecule has 2 aromatic carbocycles. The molecule has 3 nitrogen and oxygen atoms in total. The van der Waals surface area contributed by atoms with Crippen LogP contribution in [0.1, 0.15) is 5.56 Å². The van der Waals surface area contributed by atoms with E-state index in [4.69, 9.17) is 0 Å². The highest BCUT2D eigenvalue weighted by Gasteiger charge is 2.43. The minimum absolute atomic E-state index is 1.12. The summed E-state index contributed by atoms with van der Waals surface area (Å²) in [4.78, 5) is 0. The monoisotopic (exact) mass is 386 g/mol. The van der Waals surface area contributed by atoms with Gasteiger partial charge in [-0.05, 0) is 54.5 Å². The SMILES string of the molecule is Cc1ccc(-c2ccccc2)cc1-c1cc2c(c[n+]1C)[Si]1(CCNC1)CCN2. The Morgan fingerprint density at radius 1 is 0.929 bits per heavy atom. The van der Waals surface area contributed by atoms with Gasteiger partial charge < -0.3 is 10.6 Å². The number of fused-ring (bicyclic) bond motifs is 2. The Labute approximate surface area is 168 Å². The largest absolute Gasteiger partial charge is 0.385 e. The molecule has 0 saturated carbocycles. The van der Waals surface area contributed by atoms with Crippen molar-refractivity contribution < 1.29 is 4.57 Å². The van der Waals surface area contributed by atoms with Crippen molar-refractivity contribution in [1.29, 1.82) is 0 Å². The van der Waals surface area contributed by atoms with Crippen molar-refractivity contribution in [2.45, 2.75) is 19.0 Å². The van der Waals surface area contributed by atoms with E-state index in [9.17, 15) is 0 Å². The zero-order chi connectivity index (χ0) is 19.1. The van der Waals surface area contributed by atoms with Crippen LogP contribution in [-0.4, -0.2) is 27.3 Å². The number of rotatable bonds is 2. The molecule has 2 N–H and O–H groups in total. The molecule has 0 amide bonds. The number of hydrogen-bond donors (Lipinski definition) is 2. The van der Waals surface area contributed by atoms with Crippen LogP contribution in [0.3, 0.4) is 0 Å². The summed E-state index contributed by atoms with van der Waals surface area (Å²) in [5.41, 5.74) is 7.85. The molecule has 4 heteroatoms. The molecule has 5 rings (SSSR count). The third-order valence-electron chi connectivity index (χ3n) is 6.63. The van der Waals surface area contributed by atoms with Gasteiger partial charge in [0.05, 0.1) is 0 Å². The number of hydrogen-bond acceptors (Lipinski definition) is 2. The summed E-state index contributed by atoms with van der Waals surface area (Å²) in [6, 6.07) is 22.6. The highest BCUT2D eigenvalue weighted by Crippen LogP contribution is 2.31.